The zero-order valence-corrected chi connectivity index (χ0v) is 8.66. The molecular formula is C11H16N2O. The van der Waals surface area contributed by atoms with Crippen molar-refractivity contribution in [2.24, 2.45) is 5.73 Å². The fraction of sp³-hybridized carbons (Fsp3) is 0.455. The van der Waals surface area contributed by atoms with E-state index in [2.05, 4.69) is 23.1 Å². The van der Waals surface area contributed by atoms with Gasteiger partial charge in [0.25, 0.3) is 0 Å². The summed E-state index contributed by atoms with van der Waals surface area (Å²) in [4.78, 5) is 2.09. The summed E-state index contributed by atoms with van der Waals surface area (Å²) in [5.41, 5.74) is 9.61. The van der Waals surface area contributed by atoms with Gasteiger partial charge in [0.15, 0.2) is 0 Å². The minimum Gasteiger partial charge on any atom is -0.378 e. The molecule has 3 heteroatoms. The third-order valence-corrected chi connectivity index (χ3v) is 2.60. The van der Waals surface area contributed by atoms with Crippen LogP contribution in [0.2, 0.25) is 0 Å². The first-order chi connectivity index (χ1) is 6.68. The summed E-state index contributed by atoms with van der Waals surface area (Å²) >= 11 is 0. The van der Waals surface area contributed by atoms with E-state index >= 15 is 0 Å². The molecule has 0 unspecified atom stereocenters. The Kier molecular flexibility index (Phi) is 2.44. The average molecular weight is 192 g/mol. The summed E-state index contributed by atoms with van der Waals surface area (Å²) in [5, 5.41) is 0. The fourth-order valence-electron chi connectivity index (χ4n) is 1.72. The molecule has 2 rings (SSSR count). The SMILES string of the molecule is CN(C)c1ccc2c(c1)[C@H](N)COC2. The summed E-state index contributed by atoms with van der Waals surface area (Å²) < 4.78 is 5.37. The quantitative estimate of drug-likeness (QED) is 0.728. The first-order valence-corrected chi connectivity index (χ1v) is 4.82. The Hall–Kier alpha value is -1.06. The Balaban J connectivity index is 2.41. The summed E-state index contributed by atoms with van der Waals surface area (Å²) in [6.07, 6.45) is 0. The molecule has 0 spiro atoms. The molecule has 14 heavy (non-hydrogen) atoms. The van der Waals surface area contributed by atoms with Crippen LogP contribution in [0.15, 0.2) is 18.2 Å². The fourth-order valence-corrected chi connectivity index (χ4v) is 1.72. The number of hydrogen-bond acceptors (Lipinski definition) is 3. The molecule has 1 aliphatic heterocycles. The molecule has 1 heterocycles. The van der Waals surface area contributed by atoms with E-state index in [1.54, 1.807) is 0 Å². The van der Waals surface area contributed by atoms with Crippen LogP contribution >= 0.6 is 0 Å². The number of hydrogen-bond donors (Lipinski definition) is 1. The van der Waals surface area contributed by atoms with Gasteiger partial charge in [-0.15, -0.1) is 0 Å². The van der Waals surface area contributed by atoms with Crippen molar-refractivity contribution in [2.75, 3.05) is 25.6 Å². The molecule has 1 aromatic carbocycles. The summed E-state index contributed by atoms with van der Waals surface area (Å²) in [6, 6.07) is 6.38. The van der Waals surface area contributed by atoms with Crippen LogP contribution in [0, 0.1) is 0 Å². The van der Waals surface area contributed by atoms with Crippen molar-refractivity contribution >= 4 is 5.69 Å². The van der Waals surface area contributed by atoms with Gasteiger partial charge in [0, 0.05) is 19.8 Å². The monoisotopic (exact) mass is 192 g/mol. The van der Waals surface area contributed by atoms with Gasteiger partial charge in [-0.25, -0.2) is 0 Å². The minimum atomic E-state index is 0.0265. The normalized spacial score (nSPS) is 20.4. The lowest BCUT2D eigenvalue weighted by atomic mass is 9.99. The second kappa shape index (κ2) is 3.59. The van der Waals surface area contributed by atoms with E-state index in [1.807, 2.05) is 14.1 Å². The van der Waals surface area contributed by atoms with Gasteiger partial charge >= 0.3 is 0 Å². The molecule has 0 fully saturated rings. The maximum atomic E-state index is 5.97. The highest BCUT2D eigenvalue weighted by molar-refractivity contribution is 5.51. The molecule has 2 N–H and O–H groups in total. The van der Waals surface area contributed by atoms with Crippen LogP contribution in [0.25, 0.3) is 0 Å². The molecular weight excluding hydrogens is 176 g/mol. The third kappa shape index (κ3) is 1.61. The molecule has 1 atom stereocenters. The summed E-state index contributed by atoms with van der Waals surface area (Å²) in [7, 11) is 4.07. The van der Waals surface area contributed by atoms with Crippen molar-refractivity contribution in [1.82, 2.24) is 0 Å². The van der Waals surface area contributed by atoms with Gasteiger partial charge in [0.05, 0.1) is 19.3 Å². The maximum absolute atomic E-state index is 5.97. The van der Waals surface area contributed by atoms with E-state index in [4.69, 9.17) is 10.5 Å². The molecule has 0 radical (unpaired) electrons. The number of fused-ring (bicyclic) bond motifs is 1. The predicted molar refractivity (Wildman–Crippen MR) is 57.4 cm³/mol. The van der Waals surface area contributed by atoms with Crippen molar-refractivity contribution in [3.63, 3.8) is 0 Å². The number of nitrogens with two attached hydrogens (primary N) is 1. The van der Waals surface area contributed by atoms with E-state index in [-0.39, 0.29) is 6.04 Å². The molecule has 0 aromatic heterocycles. The van der Waals surface area contributed by atoms with Crippen LogP contribution in [0.5, 0.6) is 0 Å². The molecule has 0 bridgehead atoms. The van der Waals surface area contributed by atoms with E-state index in [0.717, 1.165) is 0 Å². The Morgan fingerprint density at radius 2 is 2.21 bits per heavy atom. The standard InChI is InChI=1S/C11H16N2O/c1-13(2)9-4-3-8-6-14-7-11(12)10(8)5-9/h3-5,11H,6-7,12H2,1-2H3/t11-/m1/s1. The van der Waals surface area contributed by atoms with Gasteiger partial charge in [-0.2, -0.15) is 0 Å². The third-order valence-electron chi connectivity index (χ3n) is 2.60. The van der Waals surface area contributed by atoms with E-state index in [1.165, 1.54) is 16.8 Å². The first-order valence-electron chi connectivity index (χ1n) is 4.82. The van der Waals surface area contributed by atoms with Gasteiger partial charge in [0.1, 0.15) is 0 Å². The first kappa shape index (κ1) is 9.49. The lowest BCUT2D eigenvalue weighted by Gasteiger charge is -2.24. The van der Waals surface area contributed by atoms with Gasteiger partial charge in [-0.05, 0) is 23.3 Å². The van der Waals surface area contributed by atoms with Crippen molar-refractivity contribution in [1.29, 1.82) is 0 Å². The summed E-state index contributed by atoms with van der Waals surface area (Å²) in [6.45, 7) is 1.32. The largest absolute Gasteiger partial charge is 0.378 e. The van der Waals surface area contributed by atoms with Crippen LogP contribution in [-0.2, 0) is 11.3 Å². The van der Waals surface area contributed by atoms with Crippen LogP contribution in [0.4, 0.5) is 5.69 Å². The maximum Gasteiger partial charge on any atom is 0.0721 e. The smallest absolute Gasteiger partial charge is 0.0721 e. The second-order valence-corrected chi connectivity index (χ2v) is 3.90. The molecule has 0 aliphatic carbocycles. The topological polar surface area (TPSA) is 38.5 Å². The van der Waals surface area contributed by atoms with E-state index in [9.17, 15) is 0 Å². The number of nitrogens with zero attached hydrogens (tertiary/aromatic N) is 1. The Morgan fingerprint density at radius 1 is 1.43 bits per heavy atom. The highest BCUT2D eigenvalue weighted by atomic mass is 16.5. The highest BCUT2D eigenvalue weighted by Gasteiger charge is 2.17. The van der Waals surface area contributed by atoms with Gasteiger partial charge in [-0.3, -0.25) is 0 Å². The lowest BCUT2D eigenvalue weighted by Crippen LogP contribution is -2.24. The molecule has 1 aromatic rings. The Labute approximate surface area is 84.5 Å². The Morgan fingerprint density at radius 3 is 2.93 bits per heavy atom. The molecule has 3 nitrogen and oxygen atoms in total. The van der Waals surface area contributed by atoms with Crippen molar-refractivity contribution in [2.45, 2.75) is 12.6 Å². The Bertz CT molecular complexity index is 336. The van der Waals surface area contributed by atoms with Crippen molar-refractivity contribution in [3.8, 4) is 0 Å². The second-order valence-electron chi connectivity index (χ2n) is 3.90. The lowest BCUT2D eigenvalue weighted by molar-refractivity contribution is 0.0924. The van der Waals surface area contributed by atoms with Gasteiger partial charge in [-0.1, -0.05) is 6.07 Å². The zero-order chi connectivity index (χ0) is 10.1. The van der Waals surface area contributed by atoms with E-state index in [0.29, 0.717) is 13.2 Å². The molecule has 1 aliphatic rings. The number of rotatable bonds is 1. The van der Waals surface area contributed by atoms with Crippen LogP contribution < -0.4 is 10.6 Å². The van der Waals surface area contributed by atoms with Gasteiger partial charge in [0.2, 0.25) is 0 Å². The zero-order valence-electron chi connectivity index (χ0n) is 8.66. The molecule has 0 saturated heterocycles. The predicted octanol–water partition coefficient (Wildman–Crippen LogP) is 1.28. The number of anilines is 1. The minimum absolute atomic E-state index is 0.0265. The number of benzene rings is 1. The van der Waals surface area contributed by atoms with Crippen LogP contribution in [-0.4, -0.2) is 20.7 Å². The van der Waals surface area contributed by atoms with Crippen molar-refractivity contribution in [3.05, 3.63) is 29.3 Å². The van der Waals surface area contributed by atoms with Gasteiger partial charge < -0.3 is 15.4 Å². The van der Waals surface area contributed by atoms with Crippen LogP contribution in [0.3, 0.4) is 0 Å². The van der Waals surface area contributed by atoms with E-state index < -0.39 is 0 Å². The summed E-state index contributed by atoms with van der Waals surface area (Å²) in [5.74, 6) is 0. The van der Waals surface area contributed by atoms with Crippen molar-refractivity contribution < 1.29 is 4.74 Å². The molecule has 76 valence electrons. The van der Waals surface area contributed by atoms with Crippen LogP contribution in [0.1, 0.15) is 17.2 Å². The molecule has 0 saturated carbocycles. The number of ether oxygens (including phenoxy) is 1. The average Bonchev–Trinajstić information content (AvgIpc) is 2.18. The molecule has 0 amide bonds. The highest BCUT2D eigenvalue weighted by Crippen LogP contribution is 2.26.